The van der Waals surface area contributed by atoms with Crippen molar-refractivity contribution in [2.45, 2.75) is 102 Å². The minimum absolute atomic E-state index is 0.0115. The van der Waals surface area contributed by atoms with Crippen LogP contribution < -0.4 is 5.32 Å². The molecule has 0 radical (unpaired) electrons. The largest absolute Gasteiger partial charge is 0.393 e. The van der Waals surface area contributed by atoms with Crippen LogP contribution in [0.5, 0.6) is 0 Å². The fourth-order valence-electron chi connectivity index (χ4n) is 12.5. The third-order valence-electron chi connectivity index (χ3n) is 15.4. The number of urea groups is 1. The number of carbonyl (C=O) groups is 2. The molecular weight excluding hydrogens is 681 g/mol. The van der Waals surface area contributed by atoms with Gasteiger partial charge in [0.05, 0.1) is 35.3 Å². The van der Waals surface area contributed by atoms with E-state index in [1.54, 1.807) is 11.3 Å². The molecule has 4 fully saturated rings. The quantitative estimate of drug-likeness (QED) is 0.159. The van der Waals surface area contributed by atoms with Crippen LogP contribution in [0, 0.1) is 33.5 Å². The number of aliphatic hydroxyl groups excluding tert-OH is 1. The van der Waals surface area contributed by atoms with Crippen molar-refractivity contribution >= 4 is 33.2 Å². The van der Waals surface area contributed by atoms with E-state index in [2.05, 4.69) is 55.6 Å². The van der Waals surface area contributed by atoms with Gasteiger partial charge in [-0.25, -0.2) is 4.79 Å². The summed E-state index contributed by atoms with van der Waals surface area (Å²) in [5, 5.41) is 28.6. The fraction of sp³-hybridized carbons (Fsp3) is 0.556. The Morgan fingerprint density at radius 3 is 2.47 bits per heavy atom. The van der Waals surface area contributed by atoms with Crippen molar-refractivity contribution in [2.24, 2.45) is 33.5 Å². The average molecular weight is 735 g/mol. The number of ketones is 1. The molecule has 1 aliphatic heterocycles. The van der Waals surface area contributed by atoms with Crippen molar-refractivity contribution in [1.29, 1.82) is 0 Å². The van der Waals surface area contributed by atoms with E-state index in [-0.39, 0.29) is 53.2 Å². The molecule has 1 aromatic heterocycles. The smallest absolute Gasteiger partial charge is 0.318 e. The number of nitrogens with zero attached hydrogens (tertiary/aromatic N) is 1. The molecule has 2 spiro atoms. The number of hydrogen-bond acceptors (Lipinski definition) is 6. The van der Waals surface area contributed by atoms with Crippen molar-refractivity contribution in [3.05, 3.63) is 94.9 Å². The van der Waals surface area contributed by atoms with Crippen LogP contribution in [-0.4, -0.2) is 64.4 Å². The van der Waals surface area contributed by atoms with Gasteiger partial charge < -0.3 is 25.2 Å². The van der Waals surface area contributed by atoms with Gasteiger partial charge in [0.25, 0.3) is 0 Å². The Bertz CT molecular complexity index is 1950. The van der Waals surface area contributed by atoms with E-state index < -0.39 is 22.5 Å². The molecule has 3 aromatic rings. The predicted molar refractivity (Wildman–Crippen MR) is 209 cm³/mol. The number of benzene rings is 2. The molecule has 3 saturated carbocycles. The molecule has 53 heavy (non-hydrogen) atoms. The van der Waals surface area contributed by atoms with Gasteiger partial charge in [-0.05, 0) is 105 Å². The molecule has 2 amide bonds. The van der Waals surface area contributed by atoms with E-state index in [0.29, 0.717) is 26.0 Å². The lowest BCUT2D eigenvalue weighted by Gasteiger charge is -2.71. The second-order valence-electron chi connectivity index (χ2n) is 17.9. The van der Waals surface area contributed by atoms with Crippen molar-refractivity contribution in [2.75, 3.05) is 19.7 Å². The lowest BCUT2D eigenvalue weighted by molar-refractivity contribution is -0.175. The van der Waals surface area contributed by atoms with Crippen molar-refractivity contribution in [3.8, 4) is 0 Å². The Morgan fingerprint density at radius 2 is 1.70 bits per heavy atom. The first-order valence-electron chi connectivity index (χ1n) is 20.0. The number of hydrogen-bond donors (Lipinski definition) is 3. The van der Waals surface area contributed by atoms with Gasteiger partial charge in [0.2, 0.25) is 0 Å². The normalized spacial score (nSPS) is 38.8. The lowest BCUT2D eigenvalue weighted by Crippen LogP contribution is -2.67. The van der Waals surface area contributed by atoms with Crippen LogP contribution in [0.3, 0.4) is 0 Å². The Morgan fingerprint density at radius 1 is 0.962 bits per heavy atom. The number of aliphatic hydroxyl groups is 2. The maximum absolute atomic E-state index is 15.1. The van der Waals surface area contributed by atoms with Crippen LogP contribution in [0.15, 0.2) is 84.5 Å². The summed E-state index contributed by atoms with van der Waals surface area (Å²) >= 11 is 1.57. The highest BCUT2D eigenvalue weighted by molar-refractivity contribution is 7.21. The number of ether oxygens (including phenoxy) is 1. The van der Waals surface area contributed by atoms with Crippen LogP contribution in [-0.2, 0) is 4.74 Å². The minimum atomic E-state index is -1.15. The van der Waals surface area contributed by atoms with E-state index in [0.717, 1.165) is 71.0 Å². The summed E-state index contributed by atoms with van der Waals surface area (Å²) in [5.74, 6) is 0.317. The first-order valence-corrected chi connectivity index (χ1v) is 20.8. The van der Waals surface area contributed by atoms with Crippen molar-refractivity contribution in [1.82, 2.24) is 10.2 Å². The summed E-state index contributed by atoms with van der Waals surface area (Å²) in [7, 11) is 0. The predicted octanol–water partition coefficient (Wildman–Crippen LogP) is 8.63. The number of carbonyl (C=O) groups excluding carboxylic acids is 2. The summed E-state index contributed by atoms with van der Waals surface area (Å²) in [6, 6.07) is 19.9. The summed E-state index contributed by atoms with van der Waals surface area (Å²) < 4.78 is 7.16. The van der Waals surface area contributed by atoms with Gasteiger partial charge in [0.15, 0.2) is 5.78 Å². The molecule has 6 aliphatic carbocycles. The van der Waals surface area contributed by atoms with Gasteiger partial charge in [0.1, 0.15) is 0 Å². The molecule has 3 N–H and O–H groups in total. The maximum Gasteiger partial charge on any atom is 0.318 e. The summed E-state index contributed by atoms with van der Waals surface area (Å²) in [4.78, 5) is 31.9. The van der Waals surface area contributed by atoms with Crippen LogP contribution in [0.25, 0.3) is 10.1 Å². The standard InChI is InChI=1S/C45H54N2O5S/c1-29(30-10-5-4-6-11-30)46-40(50)47(27-33-13-9-23-52-33)28-44(51)20-17-38-42(44,3)19-16-37-41(2)18-15-32(48)25-43(41)21-22-45(37,38)34(26-43)39(49)36-24-31-12-7-8-14-35(31)53-36/h4-8,10-12,14,21-22,24,26,29,32-33,37-38,48,51H,9,13,15-20,23,25,27-28H2,1-3H3,(H,46,50)/t29-,32?,33-,37-,38-,41-,42+,43+,44-,45-/m1/s1. The molecular formula is C45H54N2O5S. The maximum atomic E-state index is 15.1. The second-order valence-corrected chi connectivity index (χ2v) is 19.0. The van der Waals surface area contributed by atoms with Crippen LogP contribution in [0.4, 0.5) is 4.79 Å². The third-order valence-corrected chi connectivity index (χ3v) is 16.5. The molecule has 10 atom stereocenters. The zero-order chi connectivity index (χ0) is 36.8. The van der Waals surface area contributed by atoms with Gasteiger partial charge in [0, 0.05) is 39.7 Å². The molecule has 10 rings (SSSR count). The zero-order valence-electron chi connectivity index (χ0n) is 31.4. The molecule has 2 heterocycles. The first-order chi connectivity index (χ1) is 25.4. The Hall–Kier alpha value is -3.30. The number of allylic oxidation sites excluding steroid dienone is 4. The number of Topliss-reactive ketones (excluding diaryl/α,β-unsaturated/α-hetero) is 1. The van der Waals surface area contributed by atoms with E-state index in [4.69, 9.17) is 4.74 Å². The topological polar surface area (TPSA) is 99.1 Å². The van der Waals surface area contributed by atoms with Crippen LogP contribution in [0.2, 0.25) is 0 Å². The Labute approximate surface area is 317 Å². The van der Waals surface area contributed by atoms with E-state index in [1.165, 1.54) is 0 Å². The van der Waals surface area contributed by atoms with Gasteiger partial charge >= 0.3 is 6.03 Å². The first kappa shape index (κ1) is 35.4. The summed E-state index contributed by atoms with van der Waals surface area (Å²) in [6.45, 7) is 8.02. The number of rotatable bonds is 8. The van der Waals surface area contributed by atoms with Crippen LogP contribution >= 0.6 is 11.3 Å². The van der Waals surface area contributed by atoms with Crippen LogP contribution in [0.1, 0.15) is 99.8 Å². The van der Waals surface area contributed by atoms with Crippen molar-refractivity contribution < 1.29 is 24.5 Å². The molecule has 7 aliphatic rings. The number of thiophene rings is 1. The van der Waals surface area contributed by atoms with Gasteiger partial charge in [-0.15, -0.1) is 11.3 Å². The Balaban J connectivity index is 1.09. The fourth-order valence-corrected chi connectivity index (χ4v) is 13.5. The number of amides is 2. The van der Waals surface area contributed by atoms with E-state index in [1.807, 2.05) is 54.3 Å². The monoisotopic (exact) mass is 734 g/mol. The summed E-state index contributed by atoms with van der Waals surface area (Å²) in [5.41, 5.74) is -0.833. The average Bonchev–Trinajstić information content (AvgIpc) is 3.89. The van der Waals surface area contributed by atoms with Crippen molar-refractivity contribution in [3.63, 3.8) is 0 Å². The van der Waals surface area contributed by atoms with Gasteiger partial charge in [-0.1, -0.05) is 80.6 Å². The molecule has 1 saturated heterocycles. The van der Waals surface area contributed by atoms with Gasteiger partial charge in [-0.3, -0.25) is 4.79 Å². The second kappa shape index (κ2) is 12.6. The highest BCUT2D eigenvalue weighted by Crippen LogP contribution is 2.78. The zero-order valence-corrected chi connectivity index (χ0v) is 32.2. The number of nitrogens with one attached hydrogen (secondary N) is 1. The molecule has 2 aromatic carbocycles. The van der Waals surface area contributed by atoms with Gasteiger partial charge in [-0.2, -0.15) is 0 Å². The molecule has 7 nitrogen and oxygen atoms in total. The number of fused-ring (bicyclic) bond motifs is 2. The lowest BCUT2D eigenvalue weighted by atomic mass is 9.32. The molecule has 280 valence electrons. The molecule has 2 bridgehead atoms. The molecule has 8 heteroatoms. The SMILES string of the molecule is C[C@@H](NC(=O)N(C[C@H]1CCCO1)C[C@]1(O)CC[C@H]2[C@]34C=C[C@@]5(C=C3C(=O)c3cc6ccccc6s3)CC(O)CC[C@]5(C)[C@H]4CC[C@@]21C)c1ccccc1. The van der Waals surface area contributed by atoms with E-state index in [9.17, 15) is 15.0 Å². The highest BCUT2D eigenvalue weighted by Gasteiger charge is 2.74. The molecule has 1 unspecified atom stereocenters. The Kier molecular flexibility index (Phi) is 8.43. The minimum Gasteiger partial charge on any atom is -0.393 e. The third kappa shape index (κ3) is 5.22. The van der Waals surface area contributed by atoms with E-state index >= 15 is 4.79 Å². The highest BCUT2D eigenvalue weighted by atomic mass is 32.1. The summed E-state index contributed by atoms with van der Waals surface area (Å²) in [6.07, 6.45) is 13.8.